The zero-order valence-electron chi connectivity index (χ0n) is 18.2. The molecule has 0 atom stereocenters. The van der Waals surface area contributed by atoms with Crippen molar-refractivity contribution in [2.24, 2.45) is 7.05 Å². The first-order valence-electron chi connectivity index (χ1n) is 10.4. The molecule has 5 rings (SSSR count). The summed E-state index contributed by atoms with van der Waals surface area (Å²) in [6.45, 7) is 2.07. The molecule has 154 valence electrons. The normalized spacial score (nSPS) is 10.6. The Balaban J connectivity index is 1.90. The summed E-state index contributed by atoms with van der Waals surface area (Å²) in [6.07, 6.45) is 7.65. The van der Waals surface area contributed by atoms with Crippen molar-refractivity contribution in [2.45, 2.75) is 6.92 Å². The van der Waals surface area contributed by atoms with E-state index < -0.39 is 0 Å². The maximum absolute atomic E-state index is 9.87. The maximum atomic E-state index is 9.87. The Labute approximate surface area is 191 Å². The smallest absolute Gasteiger partial charge is 0.216 e. The molecular weight excluding hydrogens is 406 g/mol. The molecule has 4 nitrogen and oxygen atoms in total. The predicted octanol–water partition coefficient (Wildman–Crippen LogP) is 5.78. The van der Waals surface area contributed by atoms with Gasteiger partial charge in [-0.25, -0.2) is 4.57 Å². The summed E-state index contributed by atoms with van der Waals surface area (Å²) in [4.78, 5) is 0. The molecule has 5 aromatic rings. The maximum Gasteiger partial charge on any atom is 0.216 e. The zero-order valence-corrected chi connectivity index (χ0v) is 18.2. The van der Waals surface area contributed by atoms with Gasteiger partial charge in [-0.3, -0.25) is 0 Å². The molecule has 4 heteroatoms. The fourth-order valence-corrected chi connectivity index (χ4v) is 4.40. The van der Waals surface area contributed by atoms with Crippen LogP contribution in [0.15, 0.2) is 71.3 Å². The Morgan fingerprint density at radius 3 is 2.21 bits per heavy atom. The van der Waals surface area contributed by atoms with E-state index in [0.717, 1.165) is 38.7 Å². The van der Waals surface area contributed by atoms with Crippen LogP contribution in [-0.4, -0.2) is 0 Å². The van der Waals surface area contributed by atoms with Gasteiger partial charge < -0.3 is 4.42 Å². The topological polar surface area (TPSA) is 64.6 Å². The van der Waals surface area contributed by atoms with Gasteiger partial charge in [0.15, 0.2) is 6.20 Å². The molecular formula is C29H18N3O+. The van der Waals surface area contributed by atoms with E-state index in [0.29, 0.717) is 27.8 Å². The minimum Gasteiger partial charge on any atom is -0.454 e. The summed E-state index contributed by atoms with van der Waals surface area (Å²) < 4.78 is 8.62. The van der Waals surface area contributed by atoms with Gasteiger partial charge in [0.25, 0.3) is 0 Å². The quantitative estimate of drug-likeness (QED) is 0.267. The van der Waals surface area contributed by atoms with Crippen LogP contribution in [0.2, 0.25) is 0 Å². The fraction of sp³-hybridized carbons (Fsp3) is 0.0690. The second-order valence-corrected chi connectivity index (χ2v) is 7.93. The van der Waals surface area contributed by atoms with Crippen molar-refractivity contribution in [2.75, 3.05) is 0 Å². The fourth-order valence-electron chi connectivity index (χ4n) is 4.40. The van der Waals surface area contributed by atoms with Gasteiger partial charge >= 0.3 is 0 Å². The van der Waals surface area contributed by atoms with Crippen LogP contribution in [0.1, 0.15) is 22.3 Å². The molecule has 0 fully saturated rings. The number of aryl methyl sites for hydroxylation is 2. The number of pyridine rings is 1. The Morgan fingerprint density at radius 2 is 1.52 bits per heavy atom. The Hall–Kier alpha value is -4.85. The van der Waals surface area contributed by atoms with Crippen LogP contribution in [0.3, 0.4) is 0 Å². The van der Waals surface area contributed by atoms with Crippen LogP contribution in [0.4, 0.5) is 0 Å². The van der Waals surface area contributed by atoms with E-state index >= 15 is 0 Å². The van der Waals surface area contributed by atoms with E-state index in [-0.39, 0.29) is 0 Å². The second kappa shape index (κ2) is 7.69. The number of terminal acetylenes is 1. The monoisotopic (exact) mass is 424 g/mol. The SMILES string of the molecule is C#Cc1cc(-c2c(C#N)ccc3c2oc2c(-c4cccc[n+]4C)c(C)ccc23)ccc1C#N. The van der Waals surface area contributed by atoms with E-state index in [4.69, 9.17) is 10.8 Å². The van der Waals surface area contributed by atoms with Gasteiger partial charge in [-0.2, -0.15) is 10.5 Å². The van der Waals surface area contributed by atoms with Crippen LogP contribution in [0.25, 0.3) is 44.3 Å². The number of aromatic nitrogens is 1. The Bertz CT molecular complexity index is 1720. The molecule has 0 amide bonds. The predicted molar refractivity (Wildman–Crippen MR) is 128 cm³/mol. The van der Waals surface area contributed by atoms with Gasteiger partial charge in [0.05, 0.1) is 22.8 Å². The number of rotatable bonds is 2. The number of hydrogen-bond donors (Lipinski definition) is 0. The first-order chi connectivity index (χ1) is 16.1. The van der Waals surface area contributed by atoms with E-state index in [1.165, 1.54) is 0 Å². The number of benzene rings is 3. The highest BCUT2D eigenvalue weighted by molar-refractivity contribution is 6.14. The third kappa shape index (κ3) is 3.04. The lowest BCUT2D eigenvalue weighted by Crippen LogP contribution is -2.30. The standard InChI is InChI=1S/C29H18N3O/c1-4-19-15-20(9-10-21(19)16-30)27-22(17-31)11-13-24-23-12-8-18(2)26(28(23)33-29(24)27)25-7-5-6-14-32(25)3/h1,5-15H,2-3H3/q+1. The third-order valence-corrected chi connectivity index (χ3v) is 6.03. The second-order valence-electron chi connectivity index (χ2n) is 7.93. The van der Waals surface area contributed by atoms with Crippen molar-refractivity contribution in [3.05, 3.63) is 89.1 Å². The van der Waals surface area contributed by atoms with Gasteiger partial charge in [0, 0.05) is 34.0 Å². The molecule has 0 saturated carbocycles. The highest BCUT2D eigenvalue weighted by atomic mass is 16.3. The number of nitrogens with zero attached hydrogens (tertiary/aromatic N) is 3. The highest BCUT2D eigenvalue weighted by Crippen LogP contribution is 2.42. The van der Waals surface area contributed by atoms with Crippen LogP contribution >= 0.6 is 0 Å². The number of nitriles is 2. The van der Waals surface area contributed by atoms with E-state index in [1.807, 2.05) is 43.6 Å². The van der Waals surface area contributed by atoms with Gasteiger partial charge in [0.1, 0.15) is 24.3 Å². The van der Waals surface area contributed by atoms with Crippen LogP contribution < -0.4 is 4.57 Å². The zero-order chi connectivity index (χ0) is 23.1. The lowest BCUT2D eigenvalue weighted by Gasteiger charge is -2.07. The molecule has 0 unspecified atom stereocenters. The molecule has 0 spiro atoms. The lowest BCUT2D eigenvalue weighted by atomic mass is 9.94. The molecule has 0 aliphatic rings. The Kier molecular flexibility index (Phi) is 4.68. The molecule has 0 saturated heterocycles. The molecule has 0 aliphatic heterocycles. The average molecular weight is 424 g/mol. The van der Waals surface area contributed by atoms with Gasteiger partial charge in [-0.15, -0.1) is 6.42 Å². The summed E-state index contributed by atoms with van der Waals surface area (Å²) in [7, 11) is 2.01. The lowest BCUT2D eigenvalue weighted by molar-refractivity contribution is -0.660. The van der Waals surface area contributed by atoms with Crippen molar-refractivity contribution >= 4 is 21.9 Å². The average Bonchev–Trinajstić information content (AvgIpc) is 3.22. The summed E-state index contributed by atoms with van der Waals surface area (Å²) in [5.74, 6) is 2.57. The largest absolute Gasteiger partial charge is 0.454 e. The molecule has 0 N–H and O–H groups in total. The van der Waals surface area contributed by atoms with E-state index in [9.17, 15) is 10.5 Å². The summed E-state index contributed by atoms with van der Waals surface area (Å²) in [5.41, 5.74) is 7.35. The molecule has 3 aromatic carbocycles. The van der Waals surface area contributed by atoms with Crippen LogP contribution in [-0.2, 0) is 7.05 Å². The van der Waals surface area contributed by atoms with E-state index in [2.05, 4.69) is 47.7 Å². The molecule has 33 heavy (non-hydrogen) atoms. The third-order valence-electron chi connectivity index (χ3n) is 6.03. The van der Waals surface area contributed by atoms with Crippen molar-refractivity contribution in [3.8, 4) is 46.9 Å². The minimum absolute atomic E-state index is 0.422. The van der Waals surface area contributed by atoms with Crippen molar-refractivity contribution in [3.63, 3.8) is 0 Å². The van der Waals surface area contributed by atoms with Gasteiger partial charge in [-0.1, -0.05) is 24.1 Å². The minimum atomic E-state index is 0.422. The first kappa shape index (κ1) is 20.1. The van der Waals surface area contributed by atoms with Crippen molar-refractivity contribution in [1.29, 1.82) is 10.5 Å². The van der Waals surface area contributed by atoms with Crippen molar-refractivity contribution < 1.29 is 8.98 Å². The molecule has 0 radical (unpaired) electrons. The molecule has 0 bridgehead atoms. The van der Waals surface area contributed by atoms with E-state index in [1.54, 1.807) is 12.1 Å². The van der Waals surface area contributed by atoms with Crippen molar-refractivity contribution in [1.82, 2.24) is 0 Å². The van der Waals surface area contributed by atoms with Crippen LogP contribution in [0.5, 0.6) is 0 Å². The summed E-state index contributed by atoms with van der Waals surface area (Å²) in [5, 5.41) is 21.1. The molecule has 2 heterocycles. The first-order valence-corrected chi connectivity index (χ1v) is 10.4. The van der Waals surface area contributed by atoms with Gasteiger partial charge in [-0.05, 0) is 48.4 Å². The highest BCUT2D eigenvalue weighted by Gasteiger charge is 2.23. The van der Waals surface area contributed by atoms with Crippen LogP contribution in [0, 0.1) is 41.9 Å². The summed E-state index contributed by atoms with van der Waals surface area (Å²) in [6, 6.07) is 23.6. The summed E-state index contributed by atoms with van der Waals surface area (Å²) >= 11 is 0. The number of furan rings is 1. The number of hydrogen-bond acceptors (Lipinski definition) is 3. The Morgan fingerprint density at radius 1 is 0.818 bits per heavy atom. The molecule has 2 aromatic heterocycles. The van der Waals surface area contributed by atoms with Gasteiger partial charge in [0.2, 0.25) is 5.69 Å². The number of fused-ring (bicyclic) bond motifs is 3. The molecule has 0 aliphatic carbocycles.